The van der Waals surface area contributed by atoms with Crippen LogP contribution in [-0.2, 0) is 6.61 Å². The van der Waals surface area contributed by atoms with E-state index in [-0.39, 0.29) is 18.1 Å². The van der Waals surface area contributed by atoms with Crippen LogP contribution < -0.4 is 10.5 Å². The standard InChI is InChI=1S/C15H12FN3O3/c16-10-3-1-2-4-12(10)22-8-13-18-14(15(20)21)11-7-9(17)5-6-19(11)13/h1-7H,8,17H2,(H,20,21). The zero-order valence-corrected chi connectivity index (χ0v) is 11.4. The number of carboxylic acids is 1. The van der Waals surface area contributed by atoms with Crippen LogP contribution in [0.4, 0.5) is 10.1 Å². The molecule has 0 radical (unpaired) electrons. The highest BCUT2D eigenvalue weighted by atomic mass is 19.1. The van der Waals surface area contributed by atoms with Crippen LogP contribution in [0.25, 0.3) is 5.52 Å². The summed E-state index contributed by atoms with van der Waals surface area (Å²) in [5.74, 6) is -1.24. The van der Waals surface area contributed by atoms with Crippen molar-refractivity contribution in [2.45, 2.75) is 6.61 Å². The van der Waals surface area contributed by atoms with E-state index < -0.39 is 11.8 Å². The van der Waals surface area contributed by atoms with Crippen LogP contribution in [0.1, 0.15) is 16.3 Å². The molecule has 112 valence electrons. The van der Waals surface area contributed by atoms with Gasteiger partial charge in [-0.25, -0.2) is 14.2 Å². The van der Waals surface area contributed by atoms with Crippen LogP contribution in [0.3, 0.4) is 0 Å². The highest BCUT2D eigenvalue weighted by Gasteiger charge is 2.17. The number of fused-ring (bicyclic) bond motifs is 1. The Labute approximate surface area is 124 Å². The Morgan fingerprint density at radius 3 is 2.86 bits per heavy atom. The molecule has 1 aromatic carbocycles. The summed E-state index contributed by atoms with van der Waals surface area (Å²) < 4.78 is 20.5. The molecule has 6 nitrogen and oxygen atoms in total. The number of benzene rings is 1. The van der Waals surface area contributed by atoms with E-state index in [1.54, 1.807) is 28.8 Å². The lowest BCUT2D eigenvalue weighted by atomic mass is 10.3. The van der Waals surface area contributed by atoms with Crippen LogP contribution in [0, 0.1) is 5.82 Å². The van der Waals surface area contributed by atoms with Gasteiger partial charge in [0.15, 0.2) is 23.1 Å². The maximum absolute atomic E-state index is 13.5. The largest absolute Gasteiger partial charge is 0.483 e. The number of halogens is 1. The van der Waals surface area contributed by atoms with Crippen molar-refractivity contribution in [3.8, 4) is 5.75 Å². The Balaban J connectivity index is 1.97. The van der Waals surface area contributed by atoms with Gasteiger partial charge in [0.1, 0.15) is 6.61 Å². The van der Waals surface area contributed by atoms with Crippen LogP contribution in [-0.4, -0.2) is 20.5 Å². The van der Waals surface area contributed by atoms with Gasteiger partial charge in [0, 0.05) is 11.9 Å². The van der Waals surface area contributed by atoms with E-state index >= 15 is 0 Å². The first-order chi connectivity index (χ1) is 10.6. The van der Waals surface area contributed by atoms with Crippen LogP contribution >= 0.6 is 0 Å². The Morgan fingerprint density at radius 1 is 1.36 bits per heavy atom. The molecule has 0 saturated heterocycles. The second-order valence-electron chi connectivity index (χ2n) is 4.62. The fourth-order valence-corrected chi connectivity index (χ4v) is 2.13. The number of aromatic nitrogens is 2. The molecule has 0 atom stereocenters. The Hall–Kier alpha value is -3.09. The minimum Gasteiger partial charge on any atom is -0.483 e. The number of nitrogens with zero attached hydrogens (tertiary/aromatic N) is 2. The molecular weight excluding hydrogens is 289 g/mol. The topological polar surface area (TPSA) is 89.9 Å². The fraction of sp³-hybridized carbons (Fsp3) is 0.0667. The van der Waals surface area contributed by atoms with Crippen LogP contribution in [0.2, 0.25) is 0 Å². The van der Waals surface area contributed by atoms with E-state index in [0.29, 0.717) is 17.0 Å². The van der Waals surface area contributed by atoms with Gasteiger partial charge in [-0.05, 0) is 24.3 Å². The van der Waals surface area contributed by atoms with Gasteiger partial charge < -0.3 is 15.6 Å². The quantitative estimate of drug-likeness (QED) is 0.772. The summed E-state index contributed by atoms with van der Waals surface area (Å²) in [6.07, 6.45) is 1.60. The van der Waals surface area contributed by atoms with E-state index in [4.69, 9.17) is 10.5 Å². The molecule has 3 aromatic rings. The third kappa shape index (κ3) is 2.44. The molecule has 0 aliphatic rings. The van der Waals surface area contributed by atoms with E-state index in [9.17, 15) is 14.3 Å². The number of nitrogens with two attached hydrogens (primary N) is 1. The zero-order valence-electron chi connectivity index (χ0n) is 11.4. The highest BCUT2D eigenvalue weighted by molar-refractivity contribution is 5.94. The zero-order chi connectivity index (χ0) is 15.7. The summed E-state index contributed by atoms with van der Waals surface area (Å²) in [5.41, 5.74) is 6.33. The molecular formula is C15H12FN3O3. The molecule has 0 amide bonds. The summed E-state index contributed by atoms with van der Waals surface area (Å²) in [5, 5.41) is 9.20. The first-order valence-electron chi connectivity index (χ1n) is 6.43. The normalized spacial score (nSPS) is 10.8. The maximum Gasteiger partial charge on any atom is 0.356 e. The van der Waals surface area contributed by atoms with Gasteiger partial charge in [0.05, 0.1) is 5.52 Å². The molecule has 7 heteroatoms. The lowest BCUT2D eigenvalue weighted by Crippen LogP contribution is -2.02. The number of rotatable bonds is 4. The SMILES string of the molecule is Nc1ccn2c(COc3ccccc3F)nc(C(=O)O)c2c1. The van der Waals surface area contributed by atoms with E-state index in [0.717, 1.165) is 0 Å². The predicted molar refractivity (Wildman–Crippen MR) is 77.3 cm³/mol. The number of carboxylic acid groups (broad SMARTS) is 1. The number of anilines is 1. The van der Waals surface area contributed by atoms with Crippen molar-refractivity contribution in [3.05, 3.63) is 59.9 Å². The monoisotopic (exact) mass is 301 g/mol. The van der Waals surface area contributed by atoms with Crippen LogP contribution in [0.5, 0.6) is 5.75 Å². The van der Waals surface area contributed by atoms with Gasteiger partial charge >= 0.3 is 5.97 Å². The van der Waals surface area contributed by atoms with E-state index in [1.165, 1.54) is 18.2 Å². The average Bonchev–Trinajstić information content (AvgIpc) is 2.84. The molecule has 0 saturated carbocycles. The van der Waals surface area contributed by atoms with Gasteiger partial charge in [0.2, 0.25) is 0 Å². The number of hydrogen-bond acceptors (Lipinski definition) is 4. The summed E-state index contributed by atoms with van der Waals surface area (Å²) >= 11 is 0. The van der Waals surface area contributed by atoms with Crippen molar-refractivity contribution >= 4 is 17.2 Å². The second-order valence-corrected chi connectivity index (χ2v) is 4.62. The van der Waals surface area contributed by atoms with Gasteiger partial charge in [-0.2, -0.15) is 0 Å². The van der Waals surface area contributed by atoms with Gasteiger partial charge in [-0.15, -0.1) is 0 Å². The molecule has 2 aromatic heterocycles. The van der Waals surface area contributed by atoms with E-state index in [2.05, 4.69) is 4.98 Å². The lowest BCUT2D eigenvalue weighted by Gasteiger charge is -2.06. The third-order valence-electron chi connectivity index (χ3n) is 3.14. The molecule has 3 rings (SSSR count). The van der Waals surface area contributed by atoms with E-state index in [1.807, 2.05) is 0 Å². The minimum atomic E-state index is -1.17. The van der Waals surface area contributed by atoms with Gasteiger partial charge in [-0.3, -0.25) is 4.40 Å². The molecule has 0 aliphatic heterocycles. The third-order valence-corrected chi connectivity index (χ3v) is 3.14. The predicted octanol–water partition coefficient (Wildman–Crippen LogP) is 2.33. The summed E-state index contributed by atoms with van der Waals surface area (Å²) in [6.45, 7) is -0.0701. The smallest absolute Gasteiger partial charge is 0.356 e. The van der Waals surface area contributed by atoms with Gasteiger partial charge in [-0.1, -0.05) is 12.1 Å². The summed E-state index contributed by atoms with van der Waals surface area (Å²) in [6, 6.07) is 9.10. The minimum absolute atomic E-state index is 0.0701. The Kier molecular flexibility index (Phi) is 3.38. The molecule has 3 N–H and O–H groups in total. The molecule has 22 heavy (non-hydrogen) atoms. The molecule has 0 fully saturated rings. The van der Waals surface area contributed by atoms with Crippen molar-refractivity contribution in [1.29, 1.82) is 0 Å². The number of hydrogen-bond donors (Lipinski definition) is 2. The first kappa shape index (κ1) is 13.9. The second kappa shape index (κ2) is 5.36. The van der Waals surface area contributed by atoms with Crippen LogP contribution in [0.15, 0.2) is 42.6 Å². The number of imidazole rings is 1. The molecule has 0 unspecified atom stereocenters. The molecule has 0 spiro atoms. The molecule has 0 bridgehead atoms. The molecule has 2 heterocycles. The van der Waals surface area contributed by atoms with Crippen molar-refractivity contribution in [3.63, 3.8) is 0 Å². The van der Waals surface area contributed by atoms with Crippen molar-refractivity contribution in [1.82, 2.24) is 9.38 Å². The number of para-hydroxylation sites is 1. The van der Waals surface area contributed by atoms with Crippen molar-refractivity contribution in [2.24, 2.45) is 0 Å². The summed E-state index contributed by atoms with van der Waals surface area (Å²) in [4.78, 5) is 15.3. The van der Waals surface area contributed by atoms with Crippen molar-refractivity contribution < 1.29 is 19.0 Å². The van der Waals surface area contributed by atoms with Crippen molar-refractivity contribution in [2.75, 3.05) is 5.73 Å². The highest BCUT2D eigenvalue weighted by Crippen LogP contribution is 2.20. The van der Waals surface area contributed by atoms with Gasteiger partial charge in [0.25, 0.3) is 0 Å². The maximum atomic E-state index is 13.5. The Morgan fingerprint density at radius 2 is 2.14 bits per heavy atom. The lowest BCUT2D eigenvalue weighted by molar-refractivity contribution is 0.0693. The Bertz CT molecular complexity index is 860. The number of carbonyl (C=O) groups is 1. The number of nitrogen functional groups attached to an aromatic ring is 1. The number of ether oxygens (including phenoxy) is 1. The summed E-state index contributed by atoms with van der Waals surface area (Å²) in [7, 11) is 0. The number of pyridine rings is 1. The first-order valence-corrected chi connectivity index (χ1v) is 6.43. The fourth-order valence-electron chi connectivity index (χ4n) is 2.13. The number of aromatic carboxylic acids is 1. The average molecular weight is 301 g/mol. The molecule has 0 aliphatic carbocycles.